The second-order valence-corrected chi connectivity index (χ2v) is 7.18. The summed E-state index contributed by atoms with van der Waals surface area (Å²) in [6, 6.07) is 5.57. The average Bonchev–Trinajstić information content (AvgIpc) is 2.93. The van der Waals surface area contributed by atoms with Gasteiger partial charge in [0.1, 0.15) is 5.65 Å². The molecule has 1 saturated carbocycles. The lowest BCUT2D eigenvalue weighted by atomic mass is 9.83. The molecule has 2 aromatic rings. The number of anilines is 1. The zero-order chi connectivity index (χ0) is 14.4. The number of fused-ring (bicyclic) bond motifs is 2. The Kier molecular flexibility index (Phi) is 2.96. The molecule has 2 fully saturated rings. The second kappa shape index (κ2) is 4.73. The van der Waals surface area contributed by atoms with Crippen LogP contribution in [0.1, 0.15) is 39.5 Å². The normalized spacial score (nSPS) is 28.6. The molecule has 2 aliphatic rings. The summed E-state index contributed by atoms with van der Waals surface area (Å²) < 4.78 is 0. The molecule has 1 saturated heterocycles. The minimum atomic E-state index is 0.157. The lowest BCUT2D eigenvalue weighted by Gasteiger charge is -2.52. The predicted molar refractivity (Wildman–Crippen MR) is 86.7 cm³/mol. The van der Waals surface area contributed by atoms with Crippen LogP contribution in [0.25, 0.3) is 11.0 Å². The van der Waals surface area contributed by atoms with E-state index in [0.717, 1.165) is 12.2 Å². The molecule has 1 aliphatic carbocycles. The van der Waals surface area contributed by atoms with Crippen molar-refractivity contribution in [3.63, 3.8) is 0 Å². The molecular weight excluding hydrogens is 260 g/mol. The number of hydrogen-bond donors (Lipinski definition) is 2. The van der Waals surface area contributed by atoms with Crippen molar-refractivity contribution in [1.82, 2.24) is 15.3 Å². The lowest BCUT2D eigenvalue weighted by Crippen LogP contribution is -2.67. The fraction of sp³-hybridized carbons (Fsp3) is 0.588. The van der Waals surface area contributed by atoms with Crippen LogP contribution in [-0.2, 0) is 0 Å². The molecule has 0 radical (unpaired) electrons. The van der Waals surface area contributed by atoms with Crippen molar-refractivity contribution in [3.05, 3.63) is 24.5 Å². The minimum Gasteiger partial charge on any atom is -0.365 e. The van der Waals surface area contributed by atoms with Crippen LogP contribution in [-0.4, -0.2) is 34.1 Å². The number of pyridine rings is 1. The van der Waals surface area contributed by atoms with Gasteiger partial charge in [-0.05, 0) is 38.8 Å². The maximum Gasteiger partial charge on any atom is 0.139 e. The summed E-state index contributed by atoms with van der Waals surface area (Å²) in [6.45, 7) is 5.69. The molecule has 2 atom stereocenters. The third-order valence-electron chi connectivity index (χ3n) is 5.02. The molecule has 21 heavy (non-hydrogen) atoms. The zero-order valence-electron chi connectivity index (χ0n) is 12.9. The molecule has 2 aromatic heterocycles. The molecule has 0 spiro atoms. The fourth-order valence-electron chi connectivity index (χ4n) is 4.20. The van der Waals surface area contributed by atoms with Crippen molar-refractivity contribution >= 4 is 16.7 Å². The van der Waals surface area contributed by atoms with Crippen molar-refractivity contribution in [2.45, 2.75) is 57.2 Å². The molecule has 1 aliphatic heterocycles. The number of aromatic nitrogens is 2. The van der Waals surface area contributed by atoms with Gasteiger partial charge in [-0.25, -0.2) is 4.98 Å². The Bertz CT molecular complexity index is 645. The first kappa shape index (κ1) is 13.1. The van der Waals surface area contributed by atoms with E-state index in [1.54, 1.807) is 0 Å². The van der Waals surface area contributed by atoms with E-state index in [4.69, 9.17) is 0 Å². The van der Waals surface area contributed by atoms with Crippen LogP contribution in [0.4, 0.5) is 5.69 Å². The van der Waals surface area contributed by atoms with E-state index < -0.39 is 0 Å². The quantitative estimate of drug-likeness (QED) is 0.846. The molecule has 3 heterocycles. The van der Waals surface area contributed by atoms with Gasteiger partial charge < -0.3 is 15.2 Å². The number of hydrogen-bond acceptors (Lipinski definition) is 3. The van der Waals surface area contributed by atoms with Gasteiger partial charge in [0.15, 0.2) is 0 Å². The van der Waals surface area contributed by atoms with Gasteiger partial charge in [-0.3, -0.25) is 0 Å². The molecular formula is C17H24N4. The van der Waals surface area contributed by atoms with Gasteiger partial charge in [0.05, 0.1) is 0 Å². The number of nitrogens with one attached hydrogen (secondary N) is 2. The van der Waals surface area contributed by atoms with Crippen LogP contribution in [0.5, 0.6) is 0 Å². The summed E-state index contributed by atoms with van der Waals surface area (Å²) in [5.74, 6) is 0. The minimum absolute atomic E-state index is 0.157. The maximum absolute atomic E-state index is 4.44. The highest BCUT2D eigenvalue weighted by atomic mass is 15.3. The van der Waals surface area contributed by atoms with Crippen molar-refractivity contribution in [2.75, 3.05) is 11.4 Å². The van der Waals surface area contributed by atoms with Crippen molar-refractivity contribution < 1.29 is 0 Å². The van der Waals surface area contributed by atoms with E-state index in [9.17, 15) is 0 Å². The summed E-state index contributed by atoms with van der Waals surface area (Å²) in [6.07, 6.45) is 9.22. The summed E-state index contributed by atoms with van der Waals surface area (Å²) in [4.78, 5) is 10.3. The highest BCUT2D eigenvalue weighted by Crippen LogP contribution is 2.36. The van der Waals surface area contributed by atoms with Crippen LogP contribution in [0.15, 0.2) is 24.5 Å². The van der Waals surface area contributed by atoms with Crippen LogP contribution in [0.3, 0.4) is 0 Å². The van der Waals surface area contributed by atoms with Crippen molar-refractivity contribution in [2.24, 2.45) is 0 Å². The average molecular weight is 284 g/mol. The smallest absolute Gasteiger partial charge is 0.139 e. The van der Waals surface area contributed by atoms with E-state index >= 15 is 0 Å². The Morgan fingerprint density at radius 1 is 1.24 bits per heavy atom. The molecule has 4 rings (SSSR count). The Morgan fingerprint density at radius 3 is 3.00 bits per heavy atom. The van der Waals surface area contributed by atoms with Gasteiger partial charge >= 0.3 is 0 Å². The largest absolute Gasteiger partial charge is 0.365 e. The van der Waals surface area contributed by atoms with Crippen LogP contribution < -0.4 is 10.2 Å². The van der Waals surface area contributed by atoms with E-state index in [0.29, 0.717) is 12.1 Å². The standard InChI is InChI=1S/C17H24N4/c1-17(2)11-21(15-6-4-3-5-13(15)20-17)14-8-10-19-16-12(14)7-9-18-16/h7-10,13,15,20H,3-6,11H2,1-2H3,(H,18,19)/t13-,15-/m0/s1. The zero-order valence-corrected chi connectivity index (χ0v) is 12.9. The molecule has 0 aromatic carbocycles. The number of piperazine rings is 1. The van der Waals surface area contributed by atoms with Gasteiger partial charge in [-0.15, -0.1) is 0 Å². The summed E-state index contributed by atoms with van der Waals surface area (Å²) in [5, 5.41) is 5.12. The van der Waals surface area contributed by atoms with Crippen molar-refractivity contribution in [3.8, 4) is 0 Å². The number of rotatable bonds is 1. The maximum atomic E-state index is 4.44. The Labute approximate surface area is 125 Å². The predicted octanol–water partition coefficient (Wildman–Crippen LogP) is 3.06. The second-order valence-electron chi connectivity index (χ2n) is 7.18. The molecule has 0 unspecified atom stereocenters. The van der Waals surface area contributed by atoms with Gasteiger partial charge in [0, 0.05) is 47.6 Å². The van der Waals surface area contributed by atoms with Gasteiger partial charge in [-0.1, -0.05) is 12.8 Å². The van der Waals surface area contributed by atoms with Gasteiger partial charge in [-0.2, -0.15) is 0 Å². The molecule has 4 heteroatoms. The molecule has 112 valence electrons. The Hall–Kier alpha value is -1.55. The molecule has 2 N–H and O–H groups in total. The van der Waals surface area contributed by atoms with Crippen molar-refractivity contribution in [1.29, 1.82) is 0 Å². The molecule has 0 amide bonds. The van der Waals surface area contributed by atoms with Crippen LogP contribution in [0.2, 0.25) is 0 Å². The highest BCUT2D eigenvalue weighted by Gasteiger charge is 2.40. The third kappa shape index (κ3) is 2.22. The fourth-order valence-corrected chi connectivity index (χ4v) is 4.20. The number of H-pyrrole nitrogens is 1. The SMILES string of the molecule is CC1(C)CN(c2ccnc3[nH]ccc23)[C@H]2CCCC[C@@H]2N1. The molecule has 0 bridgehead atoms. The van der Waals surface area contributed by atoms with E-state index in [2.05, 4.69) is 46.2 Å². The monoisotopic (exact) mass is 284 g/mol. The summed E-state index contributed by atoms with van der Waals surface area (Å²) in [5.41, 5.74) is 2.49. The highest BCUT2D eigenvalue weighted by molar-refractivity contribution is 5.90. The van der Waals surface area contributed by atoms with Crippen LogP contribution >= 0.6 is 0 Å². The van der Waals surface area contributed by atoms with Gasteiger partial charge in [0.2, 0.25) is 0 Å². The summed E-state index contributed by atoms with van der Waals surface area (Å²) in [7, 11) is 0. The number of nitrogens with zero attached hydrogens (tertiary/aromatic N) is 2. The van der Waals surface area contributed by atoms with Crippen LogP contribution in [0, 0.1) is 0 Å². The number of aromatic amines is 1. The van der Waals surface area contributed by atoms with Gasteiger partial charge in [0.25, 0.3) is 0 Å². The Morgan fingerprint density at radius 2 is 2.10 bits per heavy atom. The first-order chi connectivity index (χ1) is 10.1. The first-order valence-corrected chi connectivity index (χ1v) is 8.10. The lowest BCUT2D eigenvalue weighted by molar-refractivity contribution is 0.199. The topological polar surface area (TPSA) is 44.0 Å². The first-order valence-electron chi connectivity index (χ1n) is 8.10. The third-order valence-corrected chi connectivity index (χ3v) is 5.02. The van der Waals surface area contributed by atoms with E-state index in [1.165, 1.54) is 36.8 Å². The van der Waals surface area contributed by atoms with E-state index in [-0.39, 0.29) is 5.54 Å². The summed E-state index contributed by atoms with van der Waals surface area (Å²) >= 11 is 0. The Balaban J connectivity index is 1.79. The van der Waals surface area contributed by atoms with E-state index in [1.807, 2.05) is 12.4 Å². The molecule has 4 nitrogen and oxygen atoms in total.